The molecule has 0 radical (unpaired) electrons. The first-order valence-corrected chi connectivity index (χ1v) is 14.2. The van der Waals surface area contributed by atoms with Crippen LogP contribution in [0, 0.1) is 5.82 Å². The number of rotatable bonds is 12. The summed E-state index contributed by atoms with van der Waals surface area (Å²) in [5.41, 5.74) is 2.25. The second kappa shape index (κ2) is 12.9. The molecule has 0 spiro atoms. The van der Waals surface area contributed by atoms with E-state index in [9.17, 15) is 9.18 Å². The molecule has 0 atom stereocenters. The summed E-state index contributed by atoms with van der Waals surface area (Å²) >= 11 is 0. The maximum absolute atomic E-state index is 13.7. The number of hydrogen-bond donors (Lipinski definition) is 0. The number of benzene rings is 3. The van der Waals surface area contributed by atoms with Crippen molar-refractivity contribution < 1.29 is 18.7 Å². The number of carbonyl (C=O) groups is 1. The zero-order chi connectivity index (χ0) is 27.0. The molecule has 39 heavy (non-hydrogen) atoms. The van der Waals surface area contributed by atoms with Crippen LogP contribution in [-0.2, 0) is 6.54 Å². The van der Waals surface area contributed by atoms with Crippen LogP contribution in [0.1, 0.15) is 61.4 Å². The van der Waals surface area contributed by atoms with Gasteiger partial charge in [0.1, 0.15) is 23.1 Å². The van der Waals surface area contributed by atoms with Crippen molar-refractivity contribution in [2.75, 3.05) is 26.2 Å². The topological polar surface area (TPSA) is 43.7 Å². The van der Waals surface area contributed by atoms with Gasteiger partial charge in [-0.3, -0.25) is 4.79 Å². The number of aryl methyl sites for hydroxylation is 1. The fourth-order valence-corrected chi connectivity index (χ4v) is 5.19. The summed E-state index contributed by atoms with van der Waals surface area (Å²) in [5.74, 6) is 1.58. The molecule has 0 N–H and O–H groups in total. The maximum atomic E-state index is 13.7. The minimum Gasteiger partial charge on any atom is -0.494 e. The van der Waals surface area contributed by atoms with Crippen LogP contribution >= 0.6 is 0 Å². The van der Waals surface area contributed by atoms with Crippen molar-refractivity contribution >= 4 is 16.7 Å². The number of unbranched alkanes of at least 4 members (excludes halogenated alkanes) is 1. The highest BCUT2D eigenvalue weighted by Crippen LogP contribution is 2.31. The Bertz CT molecular complexity index is 1370. The Morgan fingerprint density at radius 2 is 1.56 bits per heavy atom. The number of likely N-dealkylation sites (tertiary alicyclic amines) is 1. The van der Waals surface area contributed by atoms with E-state index in [0.717, 1.165) is 49.0 Å². The summed E-state index contributed by atoms with van der Waals surface area (Å²) < 4.78 is 27.4. The molecule has 0 unspecified atom stereocenters. The van der Waals surface area contributed by atoms with Crippen LogP contribution in [0.3, 0.4) is 0 Å². The molecule has 6 heteroatoms. The van der Waals surface area contributed by atoms with Crippen molar-refractivity contribution in [2.45, 2.75) is 52.0 Å². The number of piperidine rings is 1. The van der Waals surface area contributed by atoms with Crippen LogP contribution in [0.25, 0.3) is 10.9 Å². The van der Waals surface area contributed by atoms with Crippen molar-refractivity contribution in [3.63, 3.8) is 0 Å². The maximum Gasteiger partial charge on any atom is 0.195 e. The molecule has 0 aliphatic carbocycles. The van der Waals surface area contributed by atoms with E-state index in [4.69, 9.17) is 9.47 Å². The second-order valence-corrected chi connectivity index (χ2v) is 10.3. The number of aromatic nitrogens is 1. The second-order valence-electron chi connectivity index (χ2n) is 10.3. The van der Waals surface area contributed by atoms with E-state index in [0.29, 0.717) is 29.2 Å². The third-order valence-corrected chi connectivity index (χ3v) is 7.35. The van der Waals surface area contributed by atoms with E-state index in [1.54, 1.807) is 12.1 Å². The molecule has 1 saturated heterocycles. The number of ketones is 1. The highest BCUT2D eigenvalue weighted by Gasteiger charge is 2.18. The zero-order valence-corrected chi connectivity index (χ0v) is 22.7. The third-order valence-electron chi connectivity index (χ3n) is 7.35. The number of halogens is 1. The molecular weight excluding hydrogens is 491 g/mol. The van der Waals surface area contributed by atoms with Crippen molar-refractivity contribution in [1.29, 1.82) is 0 Å². The number of hydrogen-bond acceptors (Lipinski definition) is 4. The molecule has 1 aliphatic heterocycles. The van der Waals surface area contributed by atoms with E-state index in [1.807, 2.05) is 48.7 Å². The van der Waals surface area contributed by atoms with E-state index in [2.05, 4.69) is 16.4 Å². The van der Waals surface area contributed by atoms with Crippen LogP contribution in [0.5, 0.6) is 17.2 Å². The summed E-state index contributed by atoms with van der Waals surface area (Å²) in [5, 5.41) is 0.841. The quantitative estimate of drug-likeness (QED) is 0.139. The van der Waals surface area contributed by atoms with Gasteiger partial charge in [0.2, 0.25) is 0 Å². The monoisotopic (exact) mass is 528 g/mol. The van der Waals surface area contributed by atoms with E-state index in [-0.39, 0.29) is 11.6 Å². The van der Waals surface area contributed by atoms with Crippen LogP contribution in [-0.4, -0.2) is 41.5 Å². The lowest BCUT2D eigenvalue weighted by Crippen LogP contribution is -2.31. The van der Waals surface area contributed by atoms with E-state index in [1.165, 1.54) is 44.5 Å². The van der Waals surface area contributed by atoms with Gasteiger partial charge >= 0.3 is 0 Å². The van der Waals surface area contributed by atoms with Crippen molar-refractivity contribution in [1.82, 2.24) is 9.47 Å². The highest BCUT2D eigenvalue weighted by molar-refractivity contribution is 6.16. The molecule has 0 amide bonds. The Balaban J connectivity index is 1.30. The molecule has 5 rings (SSSR count). The van der Waals surface area contributed by atoms with Gasteiger partial charge in [0.05, 0.1) is 6.61 Å². The largest absolute Gasteiger partial charge is 0.494 e. The molecule has 5 nitrogen and oxygen atoms in total. The highest BCUT2D eigenvalue weighted by atomic mass is 19.1. The number of nitrogens with zero attached hydrogens (tertiary/aromatic N) is 2. The number of ether oxygens (including phenoxy) is 2. The molecule has 3 aromatic carbocycles. The molecule has 0 bridgehead atoms. The first kappa shape index (κ1) is 26.9. The zero-order valence-electron chi connectivity index (χ0n) is 22.7. The molecule has 2 heterocycles. The van der Waals surface area contributed by atoms with Crippen LogP contribution in [0.4, 0.5) is 4.39 Å². The molecular formula is C33H37FN2O3. The minimum atomic E-state index is -0.312. The summed E-state index contributed by atoms with van der Waals surface area (Å²) in [6.45, 7) is 7.14. The number of fused-ring (bicyclic) bond motifs is 1. The summed E-state index contributed by atoms with van der Waals surface area (Å²) in [4.78, 5) is 16.2. The molecule has 4 aromatic rings. The van der Waals surface area contributed by atoms with Gasteiger partial charge < -0.3 is 18.9 Å². The standard InChI is InChI=1S/C33H37FN2O3/c1-2-3-21-36-24-31(30-23-29(16-17-32(30)36)39-28-14-10-26(34)11-15-28)33(37)25-8-12-27(13-9-25)38-22-7-20-35-18-5-4-6-19-35/h8-17,23-24H,2-7,18-22H2,1H3. The predicted molar refractivity (Wildman–Crippen MR) is 154 cm³/mol. The molecule has 0 saturated carbocycles. The molecule has 1 fully saturated rings. The van der Waals surface area contributed by atoms with Crippen LogP contribution < -0.4 is 9.47 Å². The van der Waals surface area contributed by atoms with E-state index < -0.39 is 0 Å². The fraction of sp³-hybridized carbons (Fsp3) is 0.364. The first-order chi connectivity index (χ1) is 19.1. The van der Waals surface area contributed by atoms with Gasteiger partial charge in [-0.25, -0.2) is 4.39 Å². The normalized spacial score (nSPS) is 14.0. The molecule has 204 valence electrons. The Labute approximate surface area is 230 Å². The molecule has 1 aliphatic rings. The van der Waals surface area contributed by atoms with Gasteiger partial charge in [0.15, 0.2) is 5.78 Å². The minimum absolute atomic E-state index is 0.0363. The van der Waals surface area contributed by atoms with Gasteiger partial charge in [-0.05, 0) is 106 Å². The first-order valence-electron chi connectivity index (χ1n) is 14.2. The summed E-state index contributed by atoms with van der Waals surface area (Å²) in [6.07, 6.45) is 8.99. The smallest absolute Gasteiger partial charge is 0.195 e. The summed E-state index contributed by atoms with van der Waals surface area (Å²) in [7, 11) is 0. The van der Waals surface area contributed by atoms with Gasteiger partial charge in [-0.1, -0.05) is 19.8 Å². The van der Waals surface area contributed by atoms with Crippen molar-refractivity contribution in [3.8, 4) is 17.2 Å². The van der Waals surface area contributed by atoms with Crippen LogP contribution in [0.2, 0.25) is 0 Å². The predicted octanol–water partition coefficient (Wildman–Crippen LogP) is 7.86. The Morgan fingerprint density at radius 1 is 0.846 bits per heavy atom. The number of carbonyl (C=O) groups excluding carboxylic acids is 1. The Kier molecular flexibility index (Phi) is 8.94. The lowest BCUT2D eigenvalue weighted by atomic mass is 10.0. The van der Waals surface area contributed by atoms with Gasteiger partial charge in [0.25, 0.3) is 0 Å². The van der Waals surface area contributed by atoms with Gasteiger partial charge in [-0.2, -0.15) is 0 Å². The SMILES string of the molecule is CCCCn1cc(C(=O)c2ccc(OCCCN3CCCCC3)cc2)c2cc(Oc3ccc(F)cc3)ccc21. The summed E-state index contributed by atoms with van der Waals surface area (Å²) in [6, 6.07) is 19.1. The average Bonchev–Trinajstić information content (AvgIpc) is 3.33. The van der Waals surface area contributed by atoms with Gasteiger partial charge in [0, 0.05) is 41.3 Å². The average molecular weight is 529 g/mol. The van der Waals surface area contributed by atoms with Crippen molar-refractivity contribution in [2.24, 2.45) is 0 Å². The third kappa shape index (κ3) is 6.87. The Hall–Kier alpha value is -3.64. The van der Waals surface area contributed by atoms with Gasteiger partial charge in [-0.15, -0.1) is 0 Å². The fourth-order valence-electron chi connectivity index (χ4n) is 5.19. The van der Waals surface area contributed by atoms with E-state index >= 15 is 0 Å². The molecule has 1 aromatic heterocycles. The lowest BCUT2D eigenvalue weighted by molar-refractivity contribution is 0.104. The Morgan fingerprint density at radius 3 is 2.31 bits per heavy atom. The lowest BCUT2D eigenvalue weighted by Gasteiger charge is -2.26. The van der Waals surface area contributed by atoms with Crippen LogP contribution in [0.15, 0.2) is 72.9 Å². The van der Waals surface area contributed by atoms with Crippen molar-refractivity contribution in [3.05, 3.63) is 89.9 Å².